The summed E-state index contributed by atoms with van der Waals surface area (Å²) in [5.74, 6) is -6.02. The number of para-hydroxylation sites is 3. The van der Waals surface area contributed by atoms with Crippen molar-refractivity contribution < 1.29 is 38.4 Å². The van der Waals surface area contributed by atoms with Crippen molar-refractivity contribution in [3.63, 3.8) is 0 Å². The van der Waals surface area contributed by atoms with Crippen LogP contribution in [0.1, 0.15) is 133 Å². The summed E-state index contributed by atoms with van der Waals surface area (Å²) < 4.78 is 0. The number of nitrogens with two attached hydrogens (primary N) is 8. The van der Waals surface area contributed by atoms with E-state index < -0.39 is 83.6 Å². The molecule has 3 heterocycles. The van der Waals surface area contributed by atoms with E-state index in [0.717, 1.165) is 58.4 Å². The van der Waals surface area contributed by atoms with Gasteiger partial charge in [0.05, 0.1) is 6.04 Å². The third-order valence-corrected chi connectivity index (χ3v) is 16.6. The Balaban J connectivity index is 1.27. The number of aromatic amines is 3. The topological polar surface area (TPSA) is 513 Å². The molecule has 3 aromatic carbocycles. The normalized spacial score (nSPS) is 13.4. The second-order valence-corrected chi connectivity index (χ2v) is 24.1. The molecule has 8 amide bonds. The van der Waals surface area contributed by atoms with E-state index in [9.17, 15) is 24.0 Å². The summed E-state index contributed by atoms with van der Waals surface area (Å²) in [6, 6.07) is 12.9. The highest BCUT2D eigenvalue weighted by Gasteiger charge is 2.35. The minimum atomic E-state index is -1.46. The first kappa shape index (κ1) is 74.8. The molecule has 0 saturated heterocycles. The fraction of sp³-hybridized carbons (Fsp3) is 0.478. The number of H-pyrrole nitrogens is 3. The van der Waals surface area contributed by atoms with E-state index in [1.165, 1.54) is 19.3 Å². The zero-order valence-corrected chi connectivity index (χ0v) is 54.9. The number of carbonyl (C=O) groups is 8. The Hall–Kier alpha value is -10.2. The molecule has 0 radical (unpaired) electrons. The molecule has 0 aliphatic heterocycles. The minimum Gasteiger partial charge on any atom is -0.370 e. The molecule has 96 heavy (non-hydrogen) atoms. The number of hydrogen-bond donors (Lipinski definition) is 18. The average Bonchev–Trinajstić information content (AvgIpc) is 1.65. The van der Waals surface area contributed by atoms with E-state index in [-0.39, 0.29) is 101 Å². The molecule has 6 aromatic rings. The zero-order chi connectivity index (χ0) is 69.4. The number of aliphatic imine (C=N–C) groups is 3. The SMILES string of the molecule is CCCCCCCCCC(=O)NCCCC[C@H](NC(=O)[C@H](Cc1c[nH]c2ccccc12)NC(=O)[C@@H](CCCN=C(N)N)NC(=O)[C@@H](Cc1c[nH]c2ccccc12)NC(=O)[C@H](CCCN=C(N)N)NC(=O)[C@@H](Cc1c[nH]c2ccccc12)NC(=O)[C@H](N)CCCN=C(N)N)C(N)=O. The fourth-order valence-electron chi connectivity index (χ4n) is 11.3. The van der Waals surface area contributed by atoms with Crippen LogP contribution in [0.2, 0.25) is 0 Å². The number of aromatic nitrogens is 3. The van der Waals surface area contributed by atoms with Gasteiger partial charge in [-0.3, -0.25) is 53.3 Å². The first-order chi connectivity index (χ1) is 46.2. The number of benzene rings is 3. The van der Waals surface area contributed by atoms with Crippen LogP contribution in [-0.4, -0.2) is 149 Å². The molecule has 7 atom stereocenters. The maximum absolute atomic E-state index is 15.3. The molecule has 3 aromatic heterocycles. The summed E-state index contributed by atoms with van der Waals surface area (Å²) in [6.07, 6.45) is 14.6. The Morgan fingerprint density at radius 1 is 0.396 bits per heavy atom. The van der Waals surface area contributed by atoms with Gasteiger partial charge >= 0.3 is 0 Å². The van der Waals surface area contributed by atoms with Crippen molar-refractivity contribution in [2.75, 3.05) is 26.2 Å². The second kappa shape index (κ2) is 39.5. The molecule has 6 rings (SSSR count). The monoisotopic (exact) mass is 1330 g/mol. The Morgan fingerprint density at radius 2 is 0.740 bits per heavy atom. The number of guanidine groups is 3. The number of unbranched alkanes of at least 4 members (excludes halogenated alkanes) is 7. The summed E-state index contributed by atoms with van der Waals surface area (Å²) in [5.41, 5.74) is 50.1. The van der Waals surface area contributed by atoms with Gasteiger partial charge in [0, 0.05) is 103 Å². The van der Waals surface area contributed by atoms with Crippen LogP contribution in [0.3, 0.4) is 0 Å². The summed E-state index contributed by atoms with van der Waals surface area (Å²) in [6.45, 7) is 2.83. The molecule has 520 valence electrons. The van der Waals surface area contributed by atoms with Crippen LogP contribution in [0.25, 0.3) is 32.7 Å². The lowest BCUT2D eigenvalue weighted by atomic mass is 10.0. The lowest BCUT2D eigenvalue weighted by Crippen LogP contribution is -2.60. The number of hydrogen-bond acceptors (Lipinski definition) is 12. The zero-order valence-electron chi connectivity index (χ0n) is 54.9. The summed E-state index contributed by atoms with van der Waals surface area (Å²) in [5, 5.41) is 22.2. The molecular formula is C67H99N21O8. The van der Waals surface area contributed by atoms with Crippen LogP contribution < -0.4 is 83.1 Å². The smallest absolute Gasteiger partial charge is 0.243 e. The van der Waals surface area contributed by atoms with E-state index >= 15 is 14.4 Å². The predicted molar refractivity (Wildman–Crippen MR) is 374 cm³/mol. The molecule has 0 unspecified atom stereocenters. The van der Waals surface area contributed by atoms with Crippen molar-refractivity contribution in [1.29, 1.82) is 0 Å². The van der Waals surface area contributed by atoms with Gasteiger partial charge in [0.2, 0.25) is 47.3 Å². The fourth-order valence-corrected chi connectivity index (χ4v) is 11.3. The predicted octanol–water partition coefficient (Wildman–Crippen LogP) is 1.47. The van der Waals surface area contributed by atoms with Gasteiger partial charge in [0.1, 0.15) is 36.3 Å². The molecule has 29 heteroatoms. The Kier molecular flexibility index (Phi) is 30.8. The number of primary amides is 1. The number of amides is 8. The van der Waals surface area contributed by atoms with Gasteiger partial charge in [-0.25, -0.2) is 0 Å². The van der Waals surface area contributed by atoms with Crippen molar-refractivity contribution in [3.05, 3.63) is 108 Å². The van der Waals surface area contributed by atoms with Gasteiger partial charge in [-0.2, -0.15) is 0 Å². The van der Waals surface area contributed by atoms with Gasteiger partial charge in [-0.05, 0) is 99.1 Å². The maximum Gasteiger partial charge on any atom is 0.243 e. The molecule has 0 spiro atoms. The first-order valence-electron chi connectivity index (χ1n) is 33.2. The van der Waals surface area contributed by atoms with E-state index in [2.05, 4.69) is 74.1 Å². The van der Waals surface area contributed by atoms with E-state index in [1.54, 1.807) is 18.6 Å². The van der Waals surface area contributed by atoms with E-state index in [0.29, 0.717) is 48.9 Å². The second-order valence-electron chi connectivity index (χ2n) is 24.1. The lowest BCUT2D eigenvalue weighted by Gasteiger charge is -2.28. The summed E-state index contributed by atoms with van der Waals surface area (Å²) in [7, 11) is 0. The third-order valence-electron chi connectivity index (χ3n) is 16.6. The largest absolute Gasteiger partial charge is 0.370 e. The van der Waals surface area contributed by atoms with Gasteiger partial charge in [0.25, 0.3) is 0 Å². The number of rotatable bonds is 44. The third kappa shape index (κ3) is 24.9. The van der Waals surface area contributed by atoms with Crippen molar-refractivity contribution in [3.8, 4) is 0 Å². The van der Waals surface area contributed by atoms with Gasteiger partial charge in [0.15, 0.2) is 17.9 Å². The van der Waals surface area contributed by atoms with Gasteiger partial charge in [-0.1, -0.05) is 100 Å². The van der Waals surface area contributed by atoms with Crippen LogP contribution in [0, 0.1) is 0 Å². The molecule has 0 saturated carbocycles. The van der Waals surface area contributed by atoms with Gasteiger partial charge < -0.3 is 98.0 Å². The standard InChI is InChI=1S/C67H99N21O8/c1-2-3-4-5-6-7-8-30-57(89)76-31-16-15-27-51(58(69)90)83-62(94)55(36-42-39-81-49-25-13-10-21-45(42)49)87-60(92)53(29-19-34-79-67(74)75)85-64(96)56(37-43-40-82-50-26-14-11-22-46(43)50)88-61(93)52(28-18-33-78-66(72)73)84-63(95)54(35-41-38-80-48-24-12-9-20-44(41)48)86-59(91)47(68)23-17-32-77-65(70)71/h9-14,20-22,24-26,38-40,47,51-56,80-82H,2-8,15-19,23,27-37,68H2,1H3,(H2,69,90)(H,76,89)(H,83,94)(H,84,95)(H,85,96)(H,86,91)(H,87,92)(H,88,93)(H4,70,71,77)(H4,72,73,78)(H4,74,75,79)/t47-,51+,52+,53-,54-,55+,56-/m1/s1. The number of carbonyl (C=O) groups excluding carboxylic acids is 8. The van der Waals surface area contributed by atoms with Crippen LogP contribution in [0.15, 0.2) is 106 Å². The number of nitrogens with one attached hydrogen (secondary N) is 10. The lowest BCUT2D eigenvalue weighted by molar-refractivity contribution is -0.135. The minimum absolute atomic E-state index is 0.0360. The number of nitrogens with zero attached hydrogens (tertiary/aromatic N) is 3. The first-order valence-corrected chi connectivity index (χ1v) is 33.2. The average molecular weight is 1330 g/mol. The Labute approximate surface area is 558 Å². The molecular weight excluding hydrogens is 1230 g/mol. The Bertz CT molecular complexity index is 3600. The quantitative estimate of drug-likeness (QED) is 0.0146. The van der Waals surface area contributed by atoms with E-state index in [4.69, 9.17) is 45.9 Å². The van der Waals surface area contributed by atoms with E-state index in [1.807, 2.05) is 72.8 Å². The van der Waals surface area contributed by atoms with Crippen LogP contribution in [0.4, 0.5) is 0 Å². The van der Waals surface area contributed by atoms with Crippen molar-refractivity contribution in [2.24, 2.45) is 60.8 Å². The highest BCUT2D eigenvalue weighted by Crippen LogP contribution is 2.23. The van der Waals surface area contributed by atoms with Crippen LogP contribution in [0.5, 0.6) is 0 Å². The van der Waals surface area contributed by atoms with Crippen molar-refractivity contribution >= 4 is 97.8 Å². The molecule has 0 aliphatic rings. The number of fused-ring (bicyclic) bond motifs is 3. The van der Waals surface area contributed by atoms with Crippen molar-refractivity contribution in [2.45, 2.75) is 178 Å². The van der Waals surface area contributed by atoms with Crippen molar-refractivity contribution in [1.82, 2.24) is 52.2 Å². The molecule has 0 aliphatic carbocycles. The molecule has 0 fully saturated rings. The highest BCUT2D eigenvalue weighted by atomic mass is 16.2. The van der Waals surface area contributed by atoms with Crippen LogP contribution in [-0.2, 0) is 57.6 Å². The maximum atomic E-state index is 15.3. The Morgan fingerprint density at radius 3 is 1.15 bits per heavy atom. The highest BCUT2D eigenvalue weighted by molar-refractivity contribution is 5.99. The summed E-state index contributed by atoms with van der Waals surface area (Å²) in [4.78, 5) is 136. The van der Waals surface area contributed by atoms with Crippen LogP contribution >= 0.6 is 0 Å². The molecule has 26 N–H and O–H groups in total. The molecule has 0 bridgehead atoms. The molecule has 29 nitrogen and oxygen atoms in total. The van der Waals surface area contributed by atoms with Gasteiger partial charge in [-0.15, -0.1) is 0 Å². The summed E-state index contributed by atoms with van der Waals surface area (Å²) >= 11 is 0.